The van der Waals surface area contributed by atoms with Crippen molar-refractivity contribution in [3.05, 3.63) is 28.8 Å². The molecule has 0 amide bonds. The van der Waals surface area contributed by atoms with Gasteiger partial charge in [0.05, 0.1) is 21.9 Å². The van der Waals surface area contributed by atoms with Gasteiger partial charge in [-0.2, -0.15) is 0 Å². The first-order chi connectivity index (χ1) is 9.97. The van der Waals surface area contributed by atoms with Crippen LogP contribution < -0.4 is 0 Å². The van der Waals surface area contributed by atoms with Crippen molar-refractivity contribution >= 4 is 34.2 Å². The molecule has 0 saturated heterocycles. The Balaban J connectivity index is 2.10. The molecule has 1 aliphatic carbocycles. The van der Waals surface area contributed by atoms with Gasteiger partial charge in [0.2, 0.25) is 0 Å². The zero-order chi connectivity index (χ0) is 15.2. The number of hydrogen-bond acceptors (Lipinski definition) is 2. The highest BCUT2D eigenvalue weighted by Crippen LogP contribution is 2.39. The fraction of sp³-hybridized carbons (Fsp3) is 0.533. The van der Waals surface area contributed by atoms with Crippen LogP contribution in [-0.2, 0) is 12.4 Å². The Hall–Kier alpha value is -0.840. The second-order valence-electron chi connectivity index (χ2n) is 5.98. The minimum absolute atomic E-state index is 0.122. The van der Waals surface area contributed by atoms with E-state index in [4.69, 9.17) is 23.2 Å². The number of likely N-dealkylation sites (N-methyl/N-ethyl adjacent to an activating group) is 1. The summed E-state index contributed by atoms with van der Waals surface area (Å²) < 4.78 is 15.7. The Morgan fingerprint density at radius 3 is 2.62 bits per heavy atom. The maximum absolute atomic E-state index is 13.6. The number of alkyl halides is 1. The number of hydrogen-bond donors (Lipinski definition) is 0. The molecule has 1 aromatic heterocycles. The van der Waals surface area contributed by atoms with Crippen molar-refractivity contribution in [2.24, 2.45) is 0 Å². The van der Waals surface area contributed by atoms with E-state index in [-0.39, 0.29) is 10.6 Å². The summed E-state index contributed by atoms with van der Waals surface area (Å²) in [6, 6.07) is 3.03. The predicted octanol–water partition coefficient (Wildman–Crippen LogP) is 4.05. The number of imidazole rings is 1. The van der Waals surface area contributed by atoms with Crippen molar-refractivity contribution in [2.75, 3.05) is 14.1 Å². The summed E-state index contributed by atoms with van der Waals surface area (Å²) in [5.74, 6) is 0.625. The lowest BCUT2D eigenvalue weighted by Crippen LogP contribution is -2.53. The molecule has 1 aliphatic rings. The van der Waals surface area contributed by atoms with Crippen LogP contribution in [0.25, 0.3) is 11.0 Å². The molecule has 6 heteroatoms. The number of aromatic nitrogens is 2. The Morgan fingerprint density at radius 2 is 2.10 bits per heavy atom. The molecule has 0 bridgehead atoms. The molecule has 1 fully saturated rings. The van der Waals surface area contributed by atoms with Crippen LogP contribution in [0.1, 0.15) is 25.1 Å². The molecular weight excluding hydrogens is 312 g/mol. The zero-order valence-electron chi connectivity index (χ0n) is 12.2. The average Bonchev–Trinajstić information content (AvgIpc) is 2.71. The number of nitrogens with zero attached hydrogens (tertiary/aromatic N) is 3. The highest BCUT2D eigenvalue weighted by molar-refractivity contribution is 6.31. The van der Waals surface area contributed by atoms with Crippen LogP contribution in [0.3, 0.4) is 0 Å². The average molecular weight is 330 g/mol. The summed E-state index contributed by atoms with van der Waals surface area (Å²) in [5.41, 5.74) is 1.60. The Bertz CT molecular complexity index is 677. The van der Waals surface area contributed by atoms with Crippen molar-refractivity contribution in [3.63, 3.8) is 0 Å². The van der Waals surface area contributed by atoms with E-state index in [1.807, 2.05) is 0 Å². The standard InChI is InChI=1S/C15H18Cl2FN3/c1-20(2)15(4-3-5-15)9-21-13-6-10(17)11(18)7-12(13)19-14(21)8-16/h6-7H,3-5,8-9H2,1-2H3. The summed E-state index contributed by atoms with van der Waals surface area (Å²) in [6.07, 6.45) is 3.53. The van der Waals surface area contributed by atoms with Gasteiger partial charge >= 0.3 is 0 Å². The first-order valence-corrected chi connectivity index (χ1v) is 7.96. The van der Waals surface area contributed by atoms with Crippen molar-refractivity contribution in [1.82, 2.24) is 14.5 Å². The third-order valence-electron chi connectivity index (χ3n) is 4.67. The van der Waals surface area contributed by atoms with E-state index >= 15 is 0 Å². The molecule has 0 atom stereocenters. The molecule has 114 valence electrons. The van der Waals surface area contributed by atoms with Crippen molar-refractivity contribution in [2.45, 2.75) is 37.2 Å². The molecule has 0 unspecified atom stereocenters. The van der Waals surface area contributed by atoms with E-state index in [1.54, 1.807) is 6.07 Å². The molecule has 1 saturated carbocycles. The van der Waals surface area contributed by atoms with Gasteiger partial charge < -0.3 is 9.47 Å². The van der Waals surface area contributed by atoms with E-state index in [0.717, 1.165) is 30.7 Å². The van der Waals surface area contributed by atoms with Crippen LogP contribution in [-0.4, -0.2) is 34.1 Å². The van der Waals surface area contributed by atoms with Crippen LogP contribution >= 0.6 is 23.2 Å². The lowest BCUT2D eigenvalue weighted by molar-refractivity contribution is 0.0429. The topological polar surface area (TPSA) is 21.1 Å². The molecule has 0 spiro atoms. The van der Waals surface area contributed by atoms with Crippen LogP contribution in [0, 0.1) is 5.82 Å². The van der Waals surface area contributed by atoms with Crippen LogP contribution in [0.4, 0.5) is 4.39 Å². The monoisotopic (exact) mass is 329 g/mol. The quantitative estimate of drug-likeness (QED) is 0.789. The van der Waals surface area contributed by atoms with Crippen LogP contribution in [0.15, 0.2) is 12.1 Å². The molecule has 0 N–H and O–H groups in total. The maximum atomic E-state index is 13.6. The van der Waals surface area contributed by atoms with Crippen LogP contribution in [0.2, 0.25) is 5.02 Å². The lowest BCUT2D eigenvalue weighted by atomic mass is 9.75. The van der Waals surface area contributed by atoms with Crippen molar-refractivity contribution in [1.29, 1.82) is 0 Å². The number of fused-ring (bicyclic) bond motifs is 1. The smallest absolute Gasteiger partial charge is 0.144 e. The molecule has 0 radical (unpaired) electrons. The van der Waals surface area contributed by atoms with Gasteiger partial charge in [-0.05, 0) is 39.4 Å². The molecule has 0 aliphatic heterocycles. The van der Waals surface area contributed by atoms with Gasteiger partial charge in [0.1, 0.15) is 11.6 Å². The largest absolute Gasteiger partial charge is 0.325 e. The Labute approximate surface area is 133 Å². The molecule has 2 aromatic rings. The van der Waals surface area contributed by atoms with E-state index in [2.05, 4.69) is 28.5 Å². The summed E-state index contributed by atoms with van der Waals surface area (Å²) in [5, 5.41) is 0.122. The third kappa shape index (κ3) is 2.43. The molecule has 21 heavy (non-hydrogen) atoms. The highest BCUT2D eigenvalue weighted by Gasteiger charge is 2.40. The second-order valence-corrected chi connectivity index (χ2v) is 6.65. The van der Waals surface area contributed by atoms with Gasteiger partial charge in [-0.25, -0.2) is 9.37 Å². The molecular formula is C15H18Cl2FN3. The molecule has 3 nitrogen and oxygen atoms in total. The number of halogens is 3. The maximum Gasteiger partial charge on any atom is 0.144 e. The highest BCUT2D eigenvalue weighted by atomic mass is 35.5. The lowest BCUT2D eigenvalue weighted by Gasteiger charge is -2.47. The minimum Gasteiger partial charge on any atom is -0.325 e. The number of benzene rings is 1. The zero-order valence-corrected chi connectivity index (χ0v) is 13.7. The van der Waals surface area contributed by atoms with Crippen molar-refractivity contribution < 1.29 is 4.39 Å². The fourth-order valence-electron chi connectivity index (χ4n) is 3.07. The minimum atomic E-state index is -0.444. The summed E-state index contributed by atoms with van der Waals surface area (Å²) >= 11 is 12.0. The predicted molar refractivity (Wildman–Crippen MR) is 84.5 cm³/mol. The first kappa shape index (κ1) is 15.1. The van der Waals surface area contributed by atoms with Crippen molar-refractivity contribution in [3.8, 4) is 0 Å². The van der Waals surface area contributed by atoms with Gasteiger partial charge in [0, 0.05) is 18.2 Å². The van der Waals surface area contributed by atoms with Gasteiger partial charge in [0.25, 0.3) is 0 Å². The van der Waals surface area contributed by atoms with Gasteiger partial charge in [-0.1, -0.05) is 11.6 Å². The first-order valence-electron chi connectivity index (χ1n) is 7.04. The third-order valence-corrected chi connectivity index (χ3v) is 5.20. The molecule has 1 heterocycles. The van der Waals surface area contributed by atoms with E-state index < -0.39 is 5.82 Å². The Kier molecular flexibility index (Phi) is 3.89. The summed E-state index contributed by atoms with van der Waals surface area (Å²) in [6.45, 7) is 0.806. The molecule has 3 rings (SSSR count). The number of rotatable bonds is 4. The Morgan fingerprint density at radius 1 is 1.38 bits per heavy atom. The van der Waals surface area contributed by atoms with E-state index in [1.165, 1.54) is 12.5 Å². The summed E-state index contributed by atoms with van der Waals surface area (Å²) in [7, 11) is 4.20. The van der Waals surface area contributed by atoms with E-state index in [0.29, 0.717) is 11.4 Å². The fourth-order valence-corrected chi connectivity index (χ4v) is 3.44. The van der Waals surface area contributed by atoms with Gasteiger partial charge in [0.15, 0.2) is 0 Å². The normalized spacial score (nSPS) is 17.4. The van der Waals surface area contributed by atoms with Crippen LogP contribution in [0.5, 0.6) is 0 Å². The van der Waals surface area contributed by atoms with E-state index in [9.17, 15) is 4.39 Å². The van der Waals surface area contributed by atoms with Gasteiger partial charge in [-0.15, -0.1) is 11.6 Å². The SMILES string of the molecule is CN(C)C1(Cn2c(CCl)nc3cc(F)c(Cl)cc32)CCC1. The van der Waals surface area contributed by atoms with Gasteiger partial charge in [-0.3, -0.25) is 0 Å². The second kappa shape index (κ2) is 5.41. The molecule has 1 aromatic carbocycles. The summed E-state index contributed by atoms with van der Waals surface area (Å²) in [4.78, 5) is 6.72.